The highest BCUT2D eigenvalue weighted by Gasteiger charge is 2.09. The summed E-state index contributed by atoms with van der Waals surface area (Å²) in [6.45, 7) is 4.09. The van der Waals surface area contributed by atoms with Crippen LogP contribution in [0.2, 0.25) is 15.2 Å². The number of hydrogen-bond acceptors (Lipinski definition) is 3. The summed E-state index contributed by atoms with van der Waals surface area (Å²) in [7, 11) is 0. The minimum Gasteiger partial charge on any atom is -0.322 e. The van der Waals surface area contributed by atoms with E-state index in [4.69, 9.17) is 34.8 Å². The number of hydrogen-bond donors (Lipinski definition) is 1. The summed E-state index contributed by atoms with van der Waals surface area (Å²) in [5, 5.41) is 8.24. The molecule has 0 spiro atoms. The lowest BCUT2D eigenvalue weighted by atomic mass is 10.4. The molecule has 0 aliphatic carbocycles. The Balaban J connectivity index is 2.25. The second-order valence-electron chi connectivity index (χ2n) is 3.99. The average molecular weight is 306 g/mol. The Morgan fingerprint density at radius 1 is 1.22 bits per heavy atom. The fourth-order valence-electron chi connectivity index (χ4n) is 1.35. The van der Waals surface area contributed by atoms with Crippen molar-refractivity contribution in [3.8, 4) is 0 Å². The van der Waals surface area contributed by atoms with E-state index in [1.165, 1.54) is 0 Å². The molecule has 96 valence electrons. The molecule has 2 rings (SSSR count). The van der Waals surface area contributed by atoms with Gasteiger partial charge < -0.3 is 5.32 Å². The van der Waals surface area contributed by atoms with Crippen LogP contribution < -0.4 is 5.32 Å². The van der Waals surface area contributed by atoms with Gasteiger partial charge in [0.1, 0.15) is 5.15 Å². The van der Waals surface area contributed by atoms with Crippen LogP contribution >= 0.6 is 34.8 Å². The van der Waals surface area contributed by atoms with Crippen molar-refractivity contribution in [3.63, 3.8) is 0 Å². The van der Waals surface area contributed by atoms with E-state index >= 15 is 0 Å². The predicted molar refractivity (Wildman–Crippen MR) is 75.2 cm³/mol. The van der Waals surface area contributed by atoms with Gasteiger partial charge in [0.25, 0.3) is 0 Å². The minimum atomic E-state index is 0.201. The molecule has 0 unspecified atom stereocenters. The topological polar surface area (TPSA) is 42.7 Å². The maximum absolute atomic E-state index is 6.02. The molecule has 2 aromatic heterocycles. The van der Waals surface area contributed by atoms with Gasteiger partial charge in [-0.25, -0.2) is 4.98 Å². The van der Waals surface area contributed by atoms with Crippen molar-refractivity contribution in [3.05, 3.63) is 33.5 Å². The Hall–Kier alpha value is -0.970. The molecule has 7 heteroatoms. The lowest BCUT2D eigenvalue weighted by Crippen LogP contribution is -2.02. The van der Waals surface area contributed by atoms with E-state index < -0.39 is 0 Å². The Morgan fingerprint density at radius 3 is 2.56 bits per heavy atom. The highest BCUT2D eigenvalue weighted by Crippen LogP contribution is 2.30. The first-order valence-corrected chi connectivity index (χ1v) is 6.44. The molecule has 0 atom stereocenters. The monoisotopic (exact) mass is 304 g/mol. The average Bonchev–Trinajstić information content (AvgIpc) is 2.74. The number of pyridine rings is 1. The Bertz CT molecular complexity index is 565. The van der Waals surface area contributed by atoms with Crippen molar-refractivity contribution in [1.82, 2.24) is 14.8 Å². The molecular weight excluding hydrogens is 295 g/mol. The van der Waals surface area contributed by atoms with Gasteiger partial charge in [-0.05, 0) is 19.9 Å². The van der Waals surface area contributed by atoms with Gasteiger partial charge in [0.05, 0.1) is 10.0 Å². The summed E-state index contributed by atoms with van der Waals surface area (Å²) in [5.74, 6) is 1.08. The zero-order chi connectivity index (χ0) is 13.3. The van der Waals surface area contributed by atoms with Crippen molar-refractivity contribution in [2.24, 2.45) is 0 Å². The molecule has 18 heavy (non-hydrogen) atoms. The number of aromatic nitrogens is 3. The zero-order valence-corrected chi connectivity index (χ0v) is 12.1. The highest BCUT2D eigenvalue weighted by molar-refractivity contribution is 6.42. The maximum Gasteiger partial charge on any atom is 0.153 e. The molecule has 0 bridgehead atoms. The fraction of sp³-hybridized carbons (Fsp3) is 0.273. The SMILES string of the molecule is CC(C)n1ccc(Nc2nc(Cl)c(Cl)cc2Cl)n1. The van der Waals surface area contributed by atoms with Gasteiger partial charge in [0, 0.05) is 18.3 Å². The van der Waals surface area contributed by atoms with E-state index in [1.54, 1.807) is 6.07 Å². The van der Waals surface area contributed by atoms with E-state index in [0.29, 0.717) is 21.7 Å². The van der Waals surface area contributed by atoms with Gasteiger partial charge in [-0.15, -0.1) is 0 Å². The zero-order valence-electron chi connectivity index (χ0n) is 9.78. The van der Waals surface area contributed by atoms with Gasteiger partial charge in [-0.2, -0.15) is 5.10 Å². The smallest absolute Gasteiger partial charge is 0.153 e. The summed E-state index contributed by atoms with van der Waals surface area (Å²) < 4.78 is 1.83. The molecule has 1 N–H and O–H groups in total. The Morgan fingerprint density at radius 2 is 1.94 bits per heavy atom. The number of nitrogens with zero attached hydrogens (tertiary/aromatic N) is 3. The molecule has 2 aromatic rings. The third-order valence-electron chi connectivity index (χ3n) is 2.27. The fourth-order valence-corrected chi connectivity index (χ4v) is 1.89. The van der Waals surface area contributed by atoms with Gasteiger partial charge in [0.15, 0.2) is 11.6 Å². The van der Waals surface area contributed by atoms with Crippen LogP contribution in [-0.2, 0) is 0 Å². The molecule has 0 saturated carbocycles. The Kier molecular flexibility index (Phi) is 4.00. The first-order valence-electron chi connectivity index (χ1n) is 5.31. The number of halogens is 3. The van der Waals surface area contributed by atoms with E-state index in [-0.39, 0.29) is 11.2 Å². The van der Waals surface area contributed by atoms with Crippen molar-refractivity contribution in [1.29, 1.82) is 0 Å². The van der Waals surface area contributed by atoms with Crippen LogP contribution in [0.3, 0.4) is 0 Å². The third kappa shape index (κ3) is 2.88. The van der Waals surface area contributed by atoms with Crippen LogP contribution in [0.15, 0.2) is 18.3 Å². The molecule has 0 saturated heterocycles. The third-order valence-corrected chi connectivity index (χ3v) is 3.23. The summed E-state index contributed by atoms with van der Waals surface area (Å²) in [4.78, 5) is 4.06. The molecule has 2 heterocycles. The number of anilines is 2. The summed E-state index contributed by atoms with van der Waals surface area (Å²) in [6.07, 6.45) is 1.87. The number of nitrogens with one attached hydrogen (secondary N) is 1. The lowest BCUT2D eigenvalue weighted by molar-refractivity contribution is 0.534. The molecule has 0 aliphatic heterocycles. The van der Waals surface area contributed by atoms with Gasteiger partial charge >= 0.3 is 0 Å². The predicted octanol–water partition coefficient (Wildman–Crippen LogP) is 4.56. The van der Waals surface area contributed by atoms with Gasteiger partial charge in [-0.1, -0.05) is 34.8 Å². The summed E-state index contributed by atoms with van der Waals surface area (Å²) in [5.41, 5.74) is 0. The van der Waals surface area contributed by atoms with E-state index in [2.05, 4.69) is 15.4 Å². The molecular formula is C11H11Cl3N4. The largest absolute Gasteiger partial charge is 0.322 e. The van der Waals surface area contributed by atoms with E-state index in [9.17, 15) is 0 Å². The van der Waals surface area contributed by atoms with Crippen molar-refractivity contribution in [2.75, 3.05) is 5.32 Å². The van der Waals surface area contributed by atoms with Crippen molar-refractivity contribution in [2.45, 2.75) is 19.9 Å². The maximum atomic E-state index is 6.02. The molecule has 0 amide bonds. The summed E-state index contributed by atoms with van der Waals surface area (Å²) >= 11 is 17.7. The molecule has 0 aromatic carbocycles. The van der Waals surface area contributed by atoms with Crippen LogP contribution in [0.5, 0.6) is 0 Å². The lowest BCUT2D eigenvalue weighted by Gasteiger charge is -2.07. The Labute approximate surface area is 120 Å². The van der Waals surface area contributed by atoms with Crippen LogP contribution in [0.1, 0.15) is 19.9 Å². The first-order chi connectivity index (χ1) is 8.47. The van der Waals surface area contributed by atoms with Crippen molar-refractivity contribution < 1.29 is 0 Å². The molecule has 0 radical (unpaired) electrons. The molecule has 0 aliphatic rings. The first kappa shape index (κ1) is 13.5. The van der Waals surface area contributed by atoms with Gasteiger partial charge in [-0.3, -0.25) is 4.68 Å². The number of rotatable bonds is 3. The van der Waals surface area contributed by atoms with Crippen LogP contribution in [0.25, 0.3) is 0 Å². The van der Waals surface area contributed by atoms with Crippen LogP contribution in [0.4, 0.5) is 11.6 Å². The minimum absolute atomic E-state index is 0.201. The van der Waals surface area contributed by atoms with E-state index in [1.807, 2.05) is 30.8 Å². The van der Waals surface area contributed by atoms with Gasteiger partial charge in [0.2, 0.25) is 0 Å². The molecule has 4 nitrogen and oxygen atoms in total. The highest BCUT2D eigenvalue weighted by atomic mass is 35.5. The molecule has 0 fully saturated rings. The summed E-state index contributed by atoms with van der Waals surface area (Å²) in [6, 6.07) is 3.67. The van der Waals surface area contributed by atoms with Crippen LogP contribution in [-0.4, -0.2) is 14.8 Å². The second kappa shape index (κ2) is 5.34. The van der Waals surface area contributed by atoms with E-state index in [0.717, 1.165) is 0 Å². The van der Waals surface area contributed by atoms with Crippen molar-refractivity contribution >= 4 is 46.4 Å². The normalized spacial score (nSPS) is 11.0. The second-order valence-corrected chi connectivity index (χ2v) is 5.16. The van der Waals surface area contributed by atoms with Crippen LogP contribution in [0, 0.1) is 0 Å². The standard InChI is InChI=1S/C11H11Cl3N4/c1-6(2)18-4-3-9(17-18)15-11-8(13)5-7(12)10(14)16-11/h3-6H,1-2H3,(H,15,16,17). The quantitative estimate of drug-likeness (QED) is 0.845.